The number of nitrogens with zero attached hydrogens (tertiary/aromatic N) is 1. The number of aromatic nitrogens is 2. The number of H-pyrrole nitrogens is 1. The molecule has 2 heterocycles. The third-order valence-corrected chi connectivity index (χ3v) is 6.59. The Morgan fingerprint density at radius 2 is 1.78 bits per heavy atom. The van der Waals surface area contributed by atoms with E-state index in [0.29, 0.717) is 23.5 Å². The molecule has 1 atom stereocenters. The van der Waals surface area contributed by atoms with E-state index < -0.39 is 0 Å². The molecule has 0 saturated heterocycles. The van der Waals surface area contributed by atoms with E-state index in [1.165, 1.54) is 11.1 Å². The topological polar surface area (TPSA) is 136 Å². The van der Waals surface area contributed by atoms with Gasteiger partial charge in [0.15, 0.2) is 0 Å². The highest BCUT2D eigenvalue weighted by atomic mass is 16.1. The van der Waals surface area contributed by atoms with Crippen molar-refractivity contribution in [1.29, 1.82) is 0 Å². The van der Waals surface area contributed by atoms with Gasteiger partial charge in [-0.25, -0.2) is 4.98 Å². The fourth-order valence-electron chi connectivity index (χ4n) is 4.83. The third-order valence-electron chi connectivity index (χ3n) is 6.59. The molecule has 2 aromatic heterocycles. The number of benzene rings is 1. The van der Waals surface area contributed by atoms with Crippen LogP contribution in [0.25, 0.3) is 0 Å². The maximum absolute atomic E-state index is 11.3. The fraction of sp³-hybridized carbons (Fsp3) is 0.360. The second-order valence-corrected chi connectivity index (χ2v) is 8.68. The minimum atomic E-state index is -0.0459. The molecule has 1 unspecified atom stereocenters. The highest BCUT2D eigenvalue weighted by molar-refractivity contribution is 5.68. The summed E-state index contributed by atoms with van der Waals surface area (Å²) in [5.41, 5.74) is 22.1. The minimum Gasteiger partial charge on any atom is -0.396 e. The summed E-state index contributed by atoms with van der Waals surface area (Å²) in [6.07, 6.45) is 7.24. The molecule has 1 aliphatic carbocycles. The number of aromatic amines is 1. The van der Waals surface area contributed by atoms with Gasteiger partial charge in [-0.1, -0.05) is 36.4 Å². The summed E-state index contributed by atoms with van der Waals surface area (Å²) in [5.74, 6) is 1.29. The van der Waals surface area contributed by atoms with Crippen LogP contribution in [0, 0.1) is 0 Å². The van der Waals surface area contributed by atoms with Gasteiger partial charge in [0.25, 0.3) is 0 Å². The Morgan fingerprint density at radius 1 is 1.03 bits per heavy atom. The number of rotatable bonds is 7. The SMILES string of the molecule is Nc1cc(C(CCN[C@H]2CC[C@H](c3ccc(=O)[nH]c3)CC2)c2ccccc2)c(N)c(N)n1. The van der Waals surface area contributed by atoms with Gasteiger partial charge in [0.1, 0.15) is 11.6 Å². The van der Waals surface area contributed by atoms with Crippen molar-refractivity contribution in [2.75, 3.05) is 23.7 Å². The lowest BCUT2D eigenvalue weighted by Crippen LogP contribution is -2.34. The molecule has 168 valence electrons. The van der Waals surface area contributed by atoms with Gasteiger partial charge in [0, 0.05) is 24.2 Å². The lowest BCUT2D eigenvalue weighted by molar-refractivity contribution is 0.340. The molecule has 1 saturated carbocycles. The molecule has 1 fully saturated rings. The van der Waals surface area contributed by atoms with Gasteiger partial charge >= 0.3 is 0 Å². The standard InChI is InChI=1S/C25H32N6O/c26-22-14-21(24(27)25(28)31-22)20(17-4-2-1-3-5-17)12-13-29-19-9-6-16(7-10-19)18-8-11-23(32)30-15-18/h1-5,8,11,14-16,19-20,29H,6-7,9-10,12-13,27H2,(H,30,32)(H4,26,28,31)/t16-,19-,20?. The third kappa shape index (κ3) is 5.11. The van der Waals surface area contributed by atoms with E-state index >= 15 is 0 Å². The van der Waals surface area contributed by atoms with Crippen molar-refractivity contribution in [1.82, 2.24) is 15.3 Å². The van der Waals surface area contributed by atoms with Gasteiger partial charge in [0.2, 0.25) is 5.56 Å². The first-order chi connectivity index (χ1) is 15.5. The van der Waals surface area contributed by atoms with Crippen LogP contribution in [-0.2, 0) is 0 Å². The van der Waals surface area contributed by atoms with Crippen LogP contribution >= 0.6 is 0 Å². The molecular weight excluding hydrogens is 400 g/mol. The van der Waals surface area contributed by atoms with Crippen LogP contribution in [-0.4, -0.2) is 22.6 Å². The molecular formula is C25H32N6O. The van der Waals surface area contributed by atoms with Gasteiger partial charge in [0.05, 0.1) is 5.69 Å². The Balaban J connectivity index is 1.38. The molecule has 8 N–H and O–H groups in total. The van der Waals surface area contributed by atoms with E-state index in [2.05, 4.69) is 27.4 Å². The number of hydrogen-bond donors (Lipinski definition) is 5. The van der Waals surface area contributed by atoms with Crippen molar-refractivity contribution in [3.05, 3.63) is 81.8 Å². The summed E-state index contributed by atoms with van der Waals surface area (Å²) >= 11 is 0. The number of hydrogen-bond acceptors (Lipinski definition) is 6. The van der Waals surface area contributed by atoms with Crippen molar-refractivity contribution in [3.63, 3.8) is 0 Å². The van der Waals surface area contributed by atoms with Crippen molar-refractivity contribution in [2.45, 2.75) is 50.0 Å². The highest BCUT2D eigenvalue weighted by Gasteiger charge is 2.24. The van der Waals surface area contributed by atoms with Crippen molar-refractivity contribution in [2.24, 2.45) is 0 Å². The summed E-state index contributed by atoms with van der Waals surface area (Å²) in [5, 5.41) is 3.74. The maximum Gasteiger partial charge on any atom is 0.247 e. The van der Waals surface area contributed by atoms with Crippen molar-refractivity contribution in [3.8, 4) is 0 Å². The first-order valence-electron chi connectivity index (χ1n) is 11.3. The Kier molecular flexibility index (Phi) is 6.75. The predicted octanol–water partition coefficient (Wildman–Crippen LogP) is 3.35. The molecule has 1 aliphatic rings. The number of nitrogens with two attached hydrogens (primary N) is 3. The molecule has 0 spiro atoms. The molecule has 0 radical (unpaired) electrons. The van der Waals surface area contributed by atoms with Gasteiger partial charge in [-0.3, -0.25) is 4.79 Å². The van der Waals surface area contributed by atoms with Crippen LogP contribution in [0.1, 0.15) is 60.6 Å². The normalized spacial score (nSPS) is 19.5. The van der Waals surface area contributed by atoms with Crippen LogP contribution < -0.4 is 28.1 Å². The van der Waals surface area contributed by atoms with Crippen LogP contribution in [0.5, 0.6) is 0 Å². The smallest absolute Gasteiger partial charge is 0.247 e. The Bertz CT molecular complexity index is 1070. The average molecular weight is 433 g/mol. The van der Waals surface area contributed by atoms with Crippen LogP contribution in [0.4, 0.5) is 17.3 Å². The zero-order valence-electron chi connectivity index (χ0n) is 18.3. The highest BCUT2D eigenvalue weighted by Crippen LogP contribution is 2.35. The van der Waals surface area contributed by atoms with Crippen molar-refractivity contribution < 1.29 is 0 Å². The summed E-state index contributed by atoms with van der Waals surface area (Å²) in [7, 11) is 0. The molecule has 32 heavy (non-hydrogen) atoms. The summed E-state index contributed by atoms with van der Waals surface area (Å²) in [6.45, 7) is 0.870. The molecule has 3 aromatic rings. The first-order valence-corrected chi connectivity index (χ1v) is 11.3. The van der Waals surface area contributed by atoms with Gasteiger partial charge in [-0.15, -0.1) is 0 Å². The Morgan fingerprint density at radius 3 is 2.47 bits per heavy atom. The largest absolute Gasteiger partial charge is 0.396 e. The Labute approximate surface area is 188 Å². The van der Waals surface area contributed by atoms with E-state index in [1.54, 1.807) is 6.07 Å². The number of pyridine rings is 2. The monoisotopic (exact) mass is 432 g/mol. The molecule has 4 rings (SSSR count). The number of nitrogens with one attached hydrogen (secondary N) is 2. The maximum atomic E-state index is 11.3. The van der Waals surface area contributed by atoms with Gasteiger partial charge in [-0.2, -0.15) is 0 Å². The molecule has 7 nitrogen and oxygen atoms in total. The van der Waals surface area contributed by atoms with E-state index in [4.69, 9.17) is 17.2 Å². The predicted molar refractivity (Wildman–Crippen MR) is 130 cm³/mol. The van der Waals surface area contributed by atoms with E-state index in [0.717, 1.165) is 44.2 Å². The van der Waals surface area contributed by atoms with Gasteiger partial charge < -0.3 is 27.5 Å². The lowest BCUT2D eigenvalue weighted by atomic mass is 9.82. The molecule has 0 aliphatic heterocycles. The Hall–Kier alpha value is -3.32. The van der Waals surface area contributed by atoms with E-state index in [9.17, 15) is 4.79 Å². The van der Waals surface area contributed by atoms with E-state index in [-0.39, 0.29) is 17.3 Å². The second kappa shape index (κ2) is 9.87. The zero-order valence-corrected chi connectivity index (χ0v) is 18.3. The quantitative estimate of drug-likeness (QED) is 0.388. The first kappa shape index (κ1) is 21.9. The number of anilines is 3. The van der Waals surface area contributed by atoms with Crippen LogP contribution in [0.2, 0.25) is 0 Å². The number of nitrogen functional groups attached to an aromatic ring is 3. The van der Waals surface area contributed by atoms with Gasteiger partial charge in [-0.05, 0) is 67.3 Å². The minimum absolute atomic E-state index is 0.0459. The molecule has 1 aromatic carbocycles. The van der Waals surface area contributed by atoms with E-state index in [1.807, 2.05) is 36.5 Å². The second-order valence-electron chi connectivity index (χ2n) is 8.68. The van der Waals surface area contributed by atoms with Crippen molar-refractivity contribution >= 4 is 17.3 Å². The molecule has 0 bridgehead atoms. The zero-order chi connectivity index (χ0) is 22.5. The summed E-state index contributed by atoms with van der Waals surface area (Å²) < 4.78 is 0. The van der Waals surface area contributed by atoms with Crippen LogP contribution in [0.3, 0.4) is 0 Å². The molecule has 0 amide bonds. The molecule has 7 heteroatoms. The van der Waals surface area contributed by atoms with Crippen LogP contribution in [0.15, 0.2) is 59.5 Å². The fourth-order valence-corrected chi connectivity index (χ4v) is 4.83. The average Bonchev–Trinajstić information content (AvgIpc) is 2.81. The summed E-state index contributed by atoms with van der Waals surface area (Å²) in [4.78, 5) is 18.2. The summed E-state index contributed by atoms with van der Waals surface area (Å²) in [6, 6.07) is 16.2. The lowest BCUT2D eigenvalue weighted by Gasteiger charge is -2.30.